The monoisotopic (exact) mass is 455 g/mol. The molecule has 0 aliphatic heterocycles. The number of anilines is 2. The van der Waals surface area contributed by atoms with Crippen molar-refractivity contribution >= 4 is 28.9 Å². The molecule has 0 saturated carbocycles. The van der Waals surface area contributed by atoms with E-state index in [0.717, 1.165) is 28.1 Å². The van der Waals surface area contributed by atoms with Gasteiger partial charge in [-0.15, -0.1) is 0 Å². The van der Waals surface area contributed by atoms with Gasteiger partial charge in [0.2, 0.25) is 0 Å². The zero-order valence-electron chi connectivity index (χ0n) is 18.1. The van der Waals surface area contributed by atoms with Crippen LogP contribution in [0, 0.1) is 5.82 Å². The van der Waals surface area contributed by atoms with Crippen molar-refractivity contribution in [3.8, 4) is 0 Å². The normalized spacial score (nSPS) is 12.9. The Bertz CT molecular complexity index is 1040. The van der Waals surface area contributed by atoms with Crippen LogP contribution in [0.4, 0.5) is 15.8 Å². The second-order valence-electron chi connectivity index (χ2n) is 7.61. The Morgan fingerprint density at radius 2 is 1.62 bits per heavy atom. The molecule has 2 unspecified atom stereocenters. The largest absolute Gasteiger partial charge is 0.481 e. The molecule has 4 nitrogen and oxygen atoms in total. The van der Waals surface area contributed by atoms with Crippen LogP contribution in [0.25, 0.3) is 0 Å². The van der Waals surface area contributed by atoms with Crippen LogP contribution >= 0.6 is 11.6 Å². The lowest BCUT2D eigenvalue weighted by Crippen LogP contribution is -2.10. The van der Waals surface area contributed by atoms with Crippen LogP contribution in [0.1, 0.15) is 55.4 Å². The first-order chi connectivity index (χ1) is 15.4. The highest BCUT2D eigenvalue weighted by Crippen LogP contribution is 2.34. The van der Waals surface area contributed by atoms with Gasteiger partial charge in [-0.25, -0.2) is 4.39 Å². The molecule has 0 bridgehead atoms. The van der Waals surface area contributed by atoms with E-state index < -0.39 is 12.1 Å². The van der Waals surface area contributed by atoms with E-state index in [-0.39, 0.29) is 18.2 Å². The lowest BCUT2D eigenvalue weighted by molar-refractivity contribution is -0.137. The summed E-state index contributed by atoms with van der Waals surface area (Å²) in [6, 6.07) is 19.6. The van der Waals surface area contributed by atoms with Crippen LogP contribution in [0.2, 0.25) is 5.02 Å². The highest BCUT2D eigenvalue weighted by molar-refractivity contribution is 6.30. The van der Waals surface area contributed by atoms with E-state index in [0.29, 0.717) is 18.1 Å². The number of carboxylic acids is 1. The molecule has 3 aromatic carbocycles. The predicted octanol–water partition coefficient (Wildman–Crippen LogP) is 7.32. The molecule has 0 spiro atoms. The molecule has 0 saturated heterocycles. The number of carboxylic acid groups (broad SMARTS) is 1. The molecule has 6 heteroatoms. The van der Waals surface area contributed by atoms with Gasteiger partial charge in [0.15, 0.2) is 0 Å². The summed E-state index contributed by atoms with van der Waals surface area (Å²) in [5, 5.41) is 13.4. The molecule has 0 heterocycles. The number of halogens is 2. The smallest absolute Gasteiger partial charge is 0.303 e. The van der Waals surface area contributed by atoms with Crippen molar-refractivity contribution in [1.29, 1.82) is 0 Å². The van der Waals surface area contributed by atoms with E-state index in [9.17, 15) is 14.3 Å². The first kappa shape index (κ1) is 23.8. The summed E-state index contributed by atoms with van der Waals surface area (Å²) in [5.41, 5.74) is 4.29. The van der Waals surface area contributed by atoms with Gasteiger partial charge in [-0.05, 0) is 84.5 Å². The standard InChI is InChI=1S/C26H27ClFNO3/c1-3-17(16-25(30)31)19-13-20(26(32-4-2)18-5-9-22(28)10-6-18)15-24(14-19)29-23-11-7-21(27)8-12-23/h5-15,17,26,29H,3-4,16H2,1-2H3,(H,30,31). The van der Waals surface area contributed by atoms with E-state index in [2.05, 4.69) is 5.32 Å². The third-order valence-electron chi connectivity index (χ3n) is 5.30. The number of hydrogen-bond acceptors (Lipinski definition) is 3. The van der Waals surface area contributed by atoms with Crippen molar-refractivity contribution in [3.05, 3.63) is 94.3 Å². The summed E-state index contributed by atoms with van der Waals surface area (Å²) in [7, 11) is 0. The molecule has 2 N–H and O–H groups in total. The molecule has 3 rings (SSSR count). The topological polar surface area (TPSA) is 58.6 Å². The summed E-state index contributed by atoms with van der Waals surface area (Å²) >= 11 is 6.00. The van der Waals surface area contributed by atoms with Gasteiger partial charge in [0.1, 0.15) is 11.9 Å². The SMILES string of the molecule is CCOC(c1ccc(F)cc1)c1cc(Nc2ccc(Cl)cc2)cc(C(CC)CC(=O)O)c1. The number of carbonyl (C=O) groups is 1. The molecule has 0 radical (unpaired) electrons. The van der Waals surface area contributed by atoms with E-state index in [4.69, 9.17) is 16.3 Å². The first-order valence-electron chi connectivity index (χ1n) is 10.7. The Morgan fingerprint density at radius 3 is 2.22 bits per heavy atom. The maximum atomic E-state index is 13.5. The third-order valence-corrected chi connectivity index (χ3v) is 5.56. The number of ether oxygens (including phenoxy) is 1. The van der Waals surface area contributed by atoms with Gasteiger partial charge < -0.3 is 15.2 Å². The fourth-order valence-electron chi connectivity index (χ4n) is 3.73. The molecular formula is C26H27ClFNO3. The minimum Gasteiger partial charge on any atom is -0.481 e. The van der Waals surface area contributed by atoms with Gasteiger partial charge in [-0.3, -0.25) is 4.79 Å². The molecule has 0 fully saturated rings. The van der Waals surface area contributed by atoms with Crippen molar-refractivity contribution in [3.63, 3.8) is 0 Å². The van der Waals surface area contributed by atoms with Crippen LogP contribution < -0.4 is 5.32 Å². The lowest BCUT2D eigenvalue weighted by Gasteiger charge is -2.23. The molecule has 0 aliphatic carbocycles. The van der Waals surface area contributed by atoms with Crippen LogP contribution in [0.5, 0.6) is 0 Å². The maximum Gasteiger partial charge on any atom is 0.303 e. The highest BCUT2D eigenvalue weighted by atomic mass is 35.5. The molecule has 168 valence electrons. The Kier molecular flexibility index (Phi) is 8.26. The molecular weight excluding hydrogens is 429 g/mol. The molecule has 0 aliphatic rings. The zero-order valence-corrected chi connectivity index (χ0v) is 18.9. The van der Waals surface area contributed by atoms with Gasteiger partial charge >= 0.3 is 5.97 Å². The quantitative estimate of drug-likeness (QED) is 0.336. The van der Waals surface area contributed by atoms with Crippen LogP contribution in [-0.4, -0.2) is 17.7 Å². The molecule has 0 amide bonds. The summed E-state index contributed by atoms with van der Waals surface area (Å²) < 4.78 is 19.5. The molecule has 0 aromatic heterocycles. The fourth-order valence-corrected chi connectivity index (χ4v) is 3.86. The van der Waals surface area contributed by atoms with Gasteiger partial charge in [-0.2, -0.15) is 0 Å². The van der Waals surface area contributed by atoms with Gasteiger partial charge in [0.05, 0.1) is 6.42 Å². The van der Waals surface area contributed by atoms with E-state index in [1.54, 1.807) is 24.3 Å². The average molecular weight is 456 g/mol. The number of aliphatic carboxylic acids is 1. The zero-order chi connectivity index (χ0) is 23.1. The van der Waals surface area contributed by atoms with Gasteiger partial charge in [0.25, 0.3) is 0 Å². The van der Waals surface area contributed by atoms with Crippen LogP contribution in [0.3, 0.4) is 0 Å². The molecule has 32 heavy (non-hydrogen) atoms. The van der Waals surface area contributed by atoms with Crippen molar-refractivity contribution in [2.45, 2.75) is 38.7 Å². The Morgan fingerprint density at radius 1 is 0.969 bits per heavy atom. The molecule has 3 aromatic rings. The molecule has 2 atom stereocenters. The number of benzene rings is 3. The van der Waals surface area contributed by atoms with E-state index >= 15 is 0 Å². The maximum absolute atomic E-state index is 13.5. The van der Waals surface area contributed by atoms with Crippen LogP contribution in [0.15, 0.2) is 66.7 Å². The number of hydrogen-bond donors (Lipinski definition) is 2. The number of rotatable bonds is 10. The summed E-state index contributed by atoms with van der Waals surface area (Å²) in [4.78, 5) is 11.4. The second-order valence-corrected chi connectivity index (χ2v) is 8.05. The summed E-state index contributed by atoms with van der Waals surface area (Å²) in [5.74, 6) is -1.29. The Balaban J connectivity index is 2.07. The van der Waals surface area contributed by atoms with E-state index in [1.807, 2.05) is 44.2 Å². The minimum atomic E-state index is -0.839. The average Bonchev–Trinajstić information content (AvgIpc) is 2.78. The van der Waals surface area contributed by atoms with Crippen molar-refractivity contribution in [2.24, 2.45) is 0 Å². The number of nitrogens with one attached hydrogen (secondary N) is 1. The predicted molar refractivity (Wildman–Crippen MR) is 126 cm³/mol. The van der Waals surface area contributed by atoms with Gasteiger partial charge in [-0.1, -0.05) is 36.7 Å². The summed E-state index contributed by atoms with van der Waals surface area (Å²) in [6.45, 7) is 4.36. The lowest BCUT2D eigenvalue weighted by atomic mass is 9.89. The van der Waals surface area contributed by atoms with Crippen LogP contribution in [-0.2, 0) is 9.53 Å². The second kappa shape index (κ2) is 11.1. The van der Waals surface area contributed by atoms with Crippen molar-refractivity contribution < 1.29 is 19.0 Å². The fraction of sp³-hybridized carbons (Fsp3) is 0.269. The minimum absolute atomic E-state index is 0.0379. The Labute approximate surface area is 193 Å². The highest BCUT2D eigenvalue weighted by Gasteiger charge is 2.20. The third kappa shape index (κ3) is 6.31. The van der Waals surface area contributed by atoms with Crippen molar-refractivity contribution in [2.75, 3.05) is 11.9 Å². The van der Waals surface area contributed by atoms with Gasteiger partial charge in [0, 0.05) is 23.0 Å². The Hall–Kier alpha value is -2.89. The summed E-state index contributed by atoms with van der Waals surface area (Å²) in [6.07, 6.45) is 0.316. The van der Waals surface area contributed by atoms with Crippen molar-refractivity contribution in [1.82, 2.24) is 0 Å². The van der Waals surface area contributed by atoms with E-state index in [1.165, 1.54) is 12.1 Å². The first-order valence-corrected chi connectivity index (χ1v) is 11.0.